The van der Waals surface area contributed by atoms with Crippen molar-refractivity contribution >= 4 is 17.5 Å². The van der Waals surface area contributed by atoms with E-state index in [9.17, 15) is 9.59 Å². The molecule has 1 fully saturated rings. The fourth-order valence-corrected chi connectivity index (χ4v) is 2.68. The number of benzene rings is 1. The molecule has 0 saturated carbocycles. The second kappa shape index (κ2) is 8.64. The monoisotopic (exact) mass is 329 g/mol. The molecule has 0 radical (unpaired) electrons. The molecule has 1 aromatic carbocycles. The molecule has 0 spiro atoms. The molecular formula is C19H27N3O2. The van der Waals surface area contributed by atoms with Crippen molar-refractivity contribution in [1.82, 2.24) is 9.80 Å². The molecule has 5 nitrogen and oxygen atoms in total. The Morgan fingerprint density at radius 1 is 1.12 bits per heavy atom. The van der Waals surface area contributed by atoms with E-state index in [-0.39, 0.29) is 11.8 Å². The van der Waals surface area contributed by atoms with Gasteiger partial charge in [0.2, 0.25) is 5.91 Å². The summed E-state index contributed by atoms with van der Waals surface area (Å²) in [7, 11) is 2.08. The number of anilines is 1. The number of allylic oxidation sites excluding steroid dienone is 1. The third kappa shape index (κ3) is 5.20. The lowest BCUT2D eigenvalue weighted by Crippen LogP contribution is -2.47. The maximum absolute atomic E-state index is 12.3. The summed E-state index contributed by atoms with van der Waals surface area (Å²) in [5.41, 5.74) is 2.43. The standard InChI is InChI=1S/C19H27N3O2/c1-4-5-15(2)19(24)20-17-8-6-16(7-9-17)14-18(23)22-12-10-21(3)11-13-22/h5-9H,4,10-14H2,1-3H3,(H,20,24)/b15-5-. The van der Waals surface area contributed by atoms with E-state index in [1.807, 2.05) is 49.1 Å². The van der Waals surface area contributed by atoms with Crippen LogP contribution in [-0.2, 0) is 16.0 Å². The lowest BCUT2D eigenvalue weighted by atomic mass is 10.1. The van der Waals surface area contributed by atoms with Gasteiger partial charge in [0, 0.05) is 37.4 Å². The highest BCUT2D eigenvalue weighted by molar-refractivity contribution is 6.03. The van der Waals surface area contributed by atoms with Gasteiger partial charge in [0.05, 0.1) is 6.42 Å². The summed E-state index contributed by atoms with van der Waals surface area (Å²) in [4.78, 5) is 28.4. The number of hydrogen-bond acceptors (Lipinski definition) is 3. The highest BCUT2D eigenvalue weighted by Crippen LogP contribution is 2.13. The number of hydrogen-bond donors (Lipinski definition) is 1. The van der Waals surface area contributed by atoms with Crippen LogP contribution in [0.15, 0.2) is 35.9 Å². The Kier molecular flexibility index (Phi) is 6.55. The Hall–Kier alpha value is -2.14. The molecule has 0 unspecified atom stereocenters. The second-order valence-corrected chi connectivity index (χ2v) is 6.31. The van der Waals surface area contributed by atoms with Crippen molar-refractivity contribution in [3.63, 3.8) is 0 Å². The summed E-state index contributed by atoms with van der Waals surface area (Å²) in [6.07, 6.45) is 3.15. The third-order valence-electron chi connectivity index (χ3n) is 4.29. The van der Waals surface area contributed by atoms with Crippen molar-refractivity contribution in [2.45, 2.75) is 26.7 Å². The first-order valence-electron chi connectivity index (χ1n) is 8.53. The SMILES string of the molecule is CC/C=C(/C)C(=O)Nc1ccc(CC(=O)N2CCN(C)CC2)cc1. The van der Waals surface area contributed by atoms with E-state index in [4.69, 9.17) is 0 Å². The van der Waals surface area contributed by atoms with Gasteiger partial charge in [-0.1, -0.05) is 25.1 Å². The van der Waals surface area contributed by atoms with E-state index in [0.29, 0.717) is 12.0 Å². The van der Waals surface area contributed by atoms with Crippen LogP contribution >= 0.6 is 0 Å². The zero-order chi connectivity index (χ0) is 17.5. The fourth-order valence-electron chi connectivity index (χ4n) is 2.68. The summed E-state index contributed by atoms with van der Waals surface area (Å²) < 4.78 is 0. The molecule has 1 aliphatic heterocycles. The Balaban J connectivity index is 1.89. The molecule has 0 aliphatic carbocycles. The summed E-state index contributed by atoms with van der Waals surface area (Å²) in [6.45, 7) is 7.27. The summed E-state index contributed by atoms with van der Waals surface area (Å²) >= 11 is 0. The minimum Gasteiger partial charge on any atom is -0.340 e. The summed E-state index contributed by atoms with van der Waals surface area (Å²) in [5.74, 6) is 0.0831. The van der Waals surface area contributed by atoms with Crippen LogP contribution in [0.4, 0.5) is 5.69 Å². The van der Waals surface area contributed by atoms with Gasteiger partial charge in [-0.3, -0.25) is 9.59 Å². The first-order chi connectivity index (χ1) is 11.5. The van der Waals surface area contributed by atoms with Crippen molar-refractivity contribution in [1.29, 1.82) is 0 Å². The van der Waals surface area contributed by atoms with Crippen LogP contribution in [0.2, 0.25) is 0 Å². The van der Waals surface area contributed by atoms with Gasteiger partial charge < -0.3 is 15.1 Å². The Morgan fingerprint density at radius 3 is 2.33 bits per heavy atom. The fraction of sp³-hybridized carbons (Fsp3) is 0.474. The van der Waals surface area contributed by atoms with Crippen LogP contribution in [0.1, 0.15) is 25.8 Å². The second-order valence-electron chi connectivity index (χ2n) is 6.31. The van der Waals surface area contributed by atoms with Crippen molar-refractivity contribution in [2.75, 3.05) is 38.5 Å². The number of rotatable bonds is 5. The lowest BCUT2D eigenvalue weighted by Gasteiger charge is -2.32. The van der Waals surface area contributed by atoms with Gasteiger partial charge in [0.15, 0.2) is 0 Å². The van der Waals surface area contributed by atoms with Gasteiger partial charge in [0.1, 0.15) is 0 Å². The minimum absolute atomic E-state index is 0.0851. The van der Waals surface area contributed by atoms with E-state index >= 15 is 0 Å². The summed E-state index contributed by atoms with van der Waals surface area (Å²) in [6, 6.07) is 7.51. The van der Waals surface area contributed by atoms with Crippen LogP contribution in [0, 0.1) is 0 Å². The third-order valence-corrected chi connectivity index (χ3v) is 4.29. The first kappa shape index (κ1) is 18.2. The molecule has 1 aliphatic rings. The Bertz CT molecular complexity index is 600. The molecular weight excluding hydrogens is 302 g/mol. The van der Waals surface area contributed by atoms with Crippen LogP contribution < -0.4 is 5.32 Å². The van der Waals surface area contributed by atoms with Crippen LogP contribution in [0.25, 0.3) is 0 Å². The molecule has 2 rings (SSSR count). The molecule has 0 bridgehead atoms. The molecule has 130 valence electrons. The van der Waals surface area contributed by atoms with Gasteiger partial charge in [-0.15, -0.1) is 0 Å². The molecule has 0 atom stereocenters. The predicted octanol–water partition coefficient (Wildman–Crippen LogP) is 2.30. The minimum atomic E-state index is -0.0851. The zero-order valence-corrected chi connectivity index (χ0v) is 14.8. The Labute approximate surface area is 144 Å². The maximum atomic E-state index is 12.3. The molecule has 0 aromatic heterocycles. The number of nitrogens with one attached hydrogen (secondary N) is 1. The average Bonchev–Trinajstić information content (AvgIpc) is 2.57. The average molecular weight is 329 g/mol. The maximum Gasteiger partial charge on any atom is 0.250 e. The van der Waals surface area contributed by atoms with Gasteiger partial charge in [-0.25, -0.2) is 0 Å². The van der Waals surface area contributed by atoms with Crippen LogP contribution in [-0.4, -0.2) is 54.8 Å². The molecule has 2 amide bonds. The number of carbonyl (C=O) groups excluding carboxylic acids is 2. The molecule has 1 heterocycles. The quantitative estimate of drug-likeness (QED) is 0.844. The highest BCUT2D eigenvalue weighted by Gasteiger charge is 2.18. The number of nitrogens with zero attached hydrogens (tertiary/aromatic N) is 2. The van der Waals surface area contributed by atoms with Gasteiger partial charge in [-0.2, -0.15) is 0 Å². The van der Waals surface area contributed by atoms with E-state index in [1.54, 1.807) is 0 Å². The van der Waals surface area contributed by atoms with E-state index in [2.05, 4.69) is 17.3 Å². The number of piperazine rings is 1. The van der Waals surface area contributed by atoms with Gasteiger partial charge in [0.25, 0.3) is 5.91 Å². The molecule has 1 saturated heterocycles. The highest BCUT2D eigenvalue weighted by atomic mass is 16.2. The molecule has 1 aromatic rings. The molecule has 24 heavy (non-hydrogen) atoms. The van der Waals surface area contributed by atoms with Crippen molar-refractivity contribution in [3.8, 4) is 0 Å². The molecule has 5 heteroatoms. The largest absolute Gasteiger partial charge is 0.340 e. The summed E-state index contributed by atoms with van der Waals surface area (Å²) in [5, 5.41) is 2.87. The normalized spacial score (nSPS) is 16.1. The first-order valence-corrected chi connectivity index (χ1v) is 8.53. The van der Waals surface area contributed by atoms with Crippen molar-refractivity contribution in [3.05, 3.63) is 41.5 Å². The van der Waals surface area contributed by atoms with E-state index in [1.165, 1.54) is 0 Å². The number of carbonyl (C=O) groups is 2. The number of likely N-dealkylation sites (N-methyl/N-ethyl adjacent to an activating group) is 1. The zero-order valence-electron chi connectivity index (χ0n) is 14.8. The van der Waals surface area contributed by atoms with Gasteiger partial charge >= 0.3 is 0 Å². The van der Waals surface area contributed by atoms with E-state index in [0.717, 1.165) is 43.9 Å². The van der Waals surface area contributed by atoms with Crippen molar-refractivity contribution in [2.24, 2.45) is 0 Å². The van der Waals surface area contributed by atoms with E-state index < -0.39 is 0 Å². The number of amides is 2. The smallest absolute Gasteiger partial charge is 0.250 e. The van der Waals surface area contributed by atoms with Crippen LogP contribution in [0.3, 0.4) is 0 Å². The van der Waals surface area contributed by atoms with Crippen LogP contribution in [0.5, 0.6) is 0 Å². The topological polar surface area (TPSA) is 52.7 Å². The molecule has 1 N–H and O–H groups in total. The van der Waals surface area contributed by atoms with Crippen molar-refractivity contribution < 1.29 is 9.59 Å². The Morgan fingerprint density at radius 2 is 1.75 bits per heavy atom. The lowest BCUT2D eigenvalue weighted by molar-refractivity contribution is -0.132. The predicted molar refractivity (Wildman–Crippen MR) is 96.9 cm³/mol. The van der Waals surface area contributed by atoms with Gasteiger partial charge in [-0.05, 0) is 38.1 Å².